The Balaban J connectivity index is 1.98. The summed E-state index contributed by atoms with van der Waals surface area (Å²) in [6, 6.07) is 15.9. The molecule has 0 saturated heterocycles. The Hall–Kier alpha value is -1.89. The van der Waals surface area contributed by atoms with Crippen LogP contribution >= 0.6 is 0 Å². The number of rotatable bonds is 10. The number of benzene rings is 2. The van der Waals surface area contributed by atoms with E-state index in [1.54, 1.807) is 0 Å². The van der Waals surface area contributed by atoms with Gasteiger partial charge in [0.1, 0.15) is 0 Å². The van der Waals surface area contributed by atoms with Crippen LogP contribution in [0.4, 0.5) is 5.69 Å². The van der Waals surface area contributed by atoms with Crippen LogP contribution in [0.3, 0.4) is 0 Å². The van der Waals surface area contributed by atoms with Crippen LogP contribution < -0.4 is 0 Å². The van der Waals surface area contributed by atoms with E-state index in [4.69, 9.17) is 4.99 Å². The Labute approximate surface area is 179 Å². The molecular formula is C28H41N. The van der Waals surface area contributed by atoms with Gasteiger partial charge in [0, 0.05) is 5.71 Å². The third kappa shape index (κ3) is 7.14. The number of nitrogens with zero attached hydrogens (tertiary/aromatic N) is 1. The van der Waals surface area contributed by atoms with Gasteiger partial charge in [-0.2, -0.15) is 0 Å². The van der Waals surface area contributed by atoms with Crippen molar-refractivity contribution in [3.63, 3.8) is 0 Å². The quantitative estimate of drug-likeness (QED) is 0.358. The molecule has 3 atom stereocenters. The van der Waals surface area contributed by atoms with Crippen molar-refractivity contribution in [1.29, 1.82) is 0 Å². The second-order valence-corrected chi connectivity index (χ2v) is 9.13. The summed E-state index contributed by atoms with van der Waals surface area (Å²) in [6.07, 6.45) is 6.21. The summed E-state index contributed by atoms with van der Waals surface area (Å²) >= 11 is 0. The first-order chi connectivity index (χ1) is 13.8. The molecular weight excluding hydrogens is 350 g/mol. The molecule has 2 aromatic carbocycles. The summed E-state index contributed by atoms with van der Waals surface area (Å²) in [5.74, 6) is 1.75. The lowest BCUT2D eigenvalue weighted by molar-refractivity contribution is 0.573. The third-order valence-electron chi connectivity index (χ3n) is 6.47. The molecule has 2 rings (SSSR count). The summed E-state index contributed by atoms with van der Waals surface area (Å²) in [4.78, 5) is 4.95. The van der Waals surface area contributed by atoms with Crippen LogP contribution in [0.1, 0.15) is 101 Å². The van der Waals surface area contributed by atoms with E-state index >= 15 is 0 Å². The summed E-state index contributed by atoms with van der Waals surface area (Å²) in [6.45, 7) is 15.8. The fraction of sp³-hybridized carbons (Fsp3) is 0.536. The zero-order valence-electron chi connectivity index (χ0n) is 19.8. The van der Waals surface area contributed by atoms with E-state index in [1.807, 2.05) is 0 Å². The van der Waals surface area contributed by atoms with E-state index in [-0.39, 0.29) is 0 Å². The number of unbranched alkanes of at least 4 members (excludes halogenated alkanes) is 1. The molecule has 1 nitrogen and oxygen atoms in total. The maximum atomic E-state index is 4.95. The molecule has 0 aliphatic heterocycles. The molecule has 0 aliphatic rings. The first-order valence-electron chi connectivity index (χ1n) is 11.5. The molecule has 0 fully saturated rings. The lowest BCUT2D eigenvalue weighted by Crippen LogP contribution is -2.06. The van der Waals surface area contributed by atoms with Crippen LogP contribution in [0.15, 0.2) is 47.5 Å². The average Bonchev–Trinajstić information content (AvgIpc) is 2.71. The van der Waals surface area contributed by atoms with E-state index in [0.717, 1.165) is 5.69 Å². The van der Waals surface area contributed by atoms with Crippen LogP contribution in [0, 0.1) is 19.8 Å². The minimum Gasteiger partial charge on any atom is -0.258 e. The summed E-state index contributed by atoms with van der Waals surface area (Å²) in [5.41, 5.74) is 7.92. The average molecular weight is 392 g/mol. The lowest BCUT2D eigenvalue weighted by Gasteiger charge is -2.18. The van der Waals surface area contributed by atoms with Crippen molar-refractivity contribution in [2.24, 2.45) is 10.9 Å². The number of hydrogen-bond donors (Lipinski definition) is 0. The van der Waals surface area contributed by atoms with Crippen molar-refractivity contribution in [3.05, 3.63) is 64.7 Å². The van der Waals surface area contributed by atoms with Crippen molar-refractivity contribution < 1.29 is 0 Å². The number of aryl methyl sites for hydroxylation is 2. The van der Waals surface area contributed by atoms with Crippen molar-refractivity contribution in [2.75, 3.05) is 0 Å². The highest BCUT2D eigenvalue weighted by Crippen LogP contribution is 2.30. The Morgan fingerprint density at radius 3 is 2.00 bits per heavy atom. The maximum Gasteiger partial charge on any atom is 0.0658 e. The van der Waals surface area contributed by atoms with Crippen LogP contribution in [-0.2, 0) is 0 Å². The highest BCUT2D eigenvalue weighted by Gasteiger charge is 2.12. The number of aliphatic imine (C=N–C) groups is 1. The SMILES string of the molecule is CCCCC(C)/C(C)=N/c1ccc(C(C)CC[C@@H](C)c2ccc(C)cc2)cc1C. The highest BCUT2D eigenvalue weighted by atomic mass is 14.7. The van der Waals surface area contributed by atoms with Crippen LogP contribution in [0.25, 0.3) is 0 Å². The normalized spacial score (nSPS) is 15.2. The summed E-state index contributed by atoms with van der Waals surface area (Å²) < 4.78 is 0. The Bertz CT molecular complexity index is 784. The molecule has 0 N–H and O–H groups in total. The first kappa shape index (κ1) is 23.4. The molecule has 0 spiro atoms. The molecule has 0 saturated carbocycles. The topological polar surface area (TPSA) is 12.4 Å². The van der Waals surface area contributed by atoms with Crippen molar-refractivity contribution in [1.82, 2.24) is 0 Å². The molecule has 2 aromatic rings. The van der Waals surface area contributed by atoms with Gasteiger partial charge in [0.25, 0.3) is 0 Å². The van der Waals surface area contributed by atoms with Gasteiger partial charge in [0.05, 0.1) is 5.69 Å². The first-order valence-corrected chi connectivity index (χ1v) is 11.5. The van der Waals surface area contributed by atoms with Gasteiger partial charge < -0.3 is 0 Å². The number of hydrogen-bond acceptors (Lipinski definition) is 1. The standard InChI is InChI=1S/C28H41N/c1-8-9-10-21(3)25(7)29-28-18-17-27(19-24(28)6)23(5)14-13-22(4)26-15-11-20(2)12-16-26/h11-12,15-19,21-23H,8-10,13-14H2,1-7H3/b29-25+/t21?,22-,23?/m1/s1. The largest absolute Gasteiger partial charge is 0.258 e. The lowest BCUT2D eigenvalue weighted by atomic mass is 9.88. The molecule has 0 amide bonds. The zero-order valence-corrected chi connectivity index (χ0v) is 19.8. The fourth-order valence-corrected chi connectivity index (χ4v) is 3.86. The van der Waals surface area contributed by atoms with Gasteiger partial charge in [-0.05, 0) is 80.5 Å². The van der Waals surface area contributed by atoms with Gasteiger partial charge in [0.2, 0.25) is 0 Å². The van der Waals surface area contributed by atoms with E-state index in [9.17, 15) is 0 Å². The van der Waals surface area contributed by atoms with E-state index in [0.29, 0.717) is 17.8 Å². The highest BCUT2D eigenvalue weighted by molar-refractivity contribution is 5.86. The molecule has 158 valence electrons. The second-order valence-electron chi connectivity index (χ2n) is 9.13. The fourth-order valence-electron chi connectivity index (χ4n) is 3.86. The van der Waals surface area contributed by atoms with Gasteiger partial charge in [-0.25, -0.2) is 0 Å². The third-order valence-corrected chi connectivity index (χ3v) is 6.47. The molecule has 29 heavy (non-hydrogen) atoms. The summed E-state index contributed by atoms with van der Waals surface area (Å²) in [7, 11) is 0. The maximum absolute atomic E-state index is 4.95. The van der Waals surface area contributed by atoms with Crippen molar-refractivity contribution in [2.45, 2.75) is 92.4 Å². The van der Waals surface area contributed by atoms with Crippen molar-refractivity contribution >= 4 is 11.4 Å². The molecule has 0 aliphatic carbocycles. The van der Waals surface area contributed by atoms with E-state index < -0.39 is 0 Å². The predicted molar refractivity (Wildman–Crippen MR) is 130 cm³/mol. The van der Waals surface area contributed by atoms with Gasteiger partial charge in [0.15, 0.2) is 0 Å². The van der Waals surface area contributed by atoms with Gasteiger partial charge in [-0.3, -0.25) is 4.99 Å². The summed E-state index contributed by atoms with van der Waals surface area (Å²) in [5, 5.41) is 0. The van der Waals surface area contributed by atoms with Crippen LogP contribution in [-0.4, -0.2) is 5.71 Å². The van der Waals surface area contributed by atoms with Gasteiger partial charge >= 0.3 is 0 Å². The molecule has 1 heteroatoms. The zero-order chi connectivity index (χ0) is 21.4. The smallest absolute Gasteiger partial charge is 0.0658 e. The van der Waals surface area contributed by atoms with Gasteiger partial charge in [-0.1, -0.05) is 82.5 Å². The molecule has 2 unspecified atom stereocenters. The van der Waals surface area contributed by atoms with Crippen LogP contribution in [0.5, 0.6) is 0 Å². The minimum atomic E-state index is 0.566. The van der Waals surface area contributed by atoms with Crippen LogP contribution in [0.2, 0.25) is 0 Å². The molecule has 0 bridgehead atoms. The van der Waals surface area contributed by atoms with E-state index in [1.165, 1.54) is 60.1 Å². The minimum absolute atomic E-state index is 0.566. The predicted octanol–water partition coefficient (Wildman–Crippen LogP) is 8.91. The Kier molecular flexibility index (Phi) is 9.14. The second kappa shape index (κ2) is 11.3. The van der Waals surface area contributed by atoms with Crippen molar-refractivity contribution in [3.8, 4) is 0 Å². The van der Waals surface area contributed by atoms with E-state index in [2.05, 4.69) is 90.9 Å². The van der Waals surface area contributed by atoms with Gasteiger partial charge in [-0.15, -0.1) is 0 Å². The molecule has 0 radical (unpaired) electrons. The Morgan fingerprint density at radius 2 is 1.41 bits per heavy atom. The Morgan fingerprint density at radius 1 is 0.828 bits per heavy atom. The molecule has 0 aromatic heterocycles. The monoisotopic (exact) mass is 391 g/mol. The molecule has 0 heterocycles.